The number of aliphatic hydroxyl groups excluding tert-OH is 1. The van der Waals surface area contributed by atoms with Gasteiger partial charge in [0.05, 0.1) is 10.0 Å². The molecule has 0 aliphatic carbocycles. The van der Waals surface area contributed by atoms with Crippen molar-refractivity contribution in [3.63, 3.8) is 0 Å². The van der Waals surface area contributed by atoms with Crippen LogP contribution in [0.5, 0.6) is 0 Å². The van der Waals surface area contributed by atoms with Gasteiger partial charge in [0.15, 0.2) is 6.23 Å². The molecule has 1 atom stereocenters. The Labute approximate surface area is 108 Å². The van der Waals surface area contributed by atoms with Gasteiger partial charge in [-0.05, 0) is 12.1 Å². The molecular weight excluding hydrogens is 272 g/mol. The van der Waals surface area contributed by atoms with Crippen molar-refractivity contribution in [3.05, 3.63) is 33.3 Å². The van der Waals surface area contributed by atoms with Crippen molar-refractivity contribution in [1.29, 1.82) is 0 Å². The number of hydrogen-bond acceptors (Lipinski definition) is 2. The van der Waals surface area contributed by atoms with E-state index in [4.69, 9.17) is 34.8 Å². The van der Waals surface area contributed by atoms with Gasteiger partial charge in [0.25, 0.3) is 5.91 Å². The third-order valence-electron chi connectivity index (χ3n) is 2.48. The van der Waals surface area contributed by atoms with Crippen molar-refractivity contribution in [2.75, 3.05) is 12.4 Å². The second-order valence-electron chi connectivity index (χ2n) is 3.41. The Morgan fingerprint density at radius 3 is 2.56 bits per heavy atom. The summed E-state index contributed by atoms with van der Waals surface area (Å²) >= 11 is 17.2. The highest BCUT2D eigenvalue weighted by Crippen LogP contribution is 2.36. The third-order valence-corrected chi connectivity index (χ3v) is 3.37. The molecule has 2 rings (SSSR count). The van der Waals surface area contributed by atoms with Gasteiger partial charge >= 0.3 is 0 Å². The number of carbonyl (C=O) groups excluding carboxylic acids is 1. The maximum absolute atomic E-state index is 11.9. The van der Waals surface area contributed by atoms with Crippen LogP contribution in [0.4, 0.5) is 0 Å². The molecule has 0 bridgehead atoms. The van der Waals surface area contributed by atoms with E-state index < -0.39 is 6.23 Å². The number of carbonyl (C=O) groups is 1. The van der Waals surface area contributed by atoms with Crippen molar-refractivity contribution < 1.29 is 9.90 Å². The first-order valence-electron chi connectivity index (χ1n) is 4.60. The zero-order valence-corrected chi connectivity index (χ0v) is 10.4. The molecule has 1 aliphatic rings. The second kappa shape index (κ2) is 4.41. The Kier molecular flexibility index (Phi) is 3.31. The van der Waals surface area contributed by atoms with Gasteiger partial charge in [0.1, 0.15) is 0 Å². The highest BCUT2D eigenvalue weighted by molar-refractivity contribution is 6.42. The fourth-order valence-corrected chi connectivity index (χ4v) is 2.23. The van der Waals surface area contributed by atoms with Crippen LogP contribution in [0.1, 0.15) is 22.1 Å². The molecule has 6 heteroatoms. The van der Waals surface area contributed by atoms with E-state index in [1.165, 1.54) is 17.0 Å². The maximum Gasteiger partial charge on any atom is 0.256 e. The maximum atomic E-state index is 11.9. The molecule has 86 valence electrons. The number of halogens is 3. The molecule has 1 aromatic rings. The highest BCUT2D eigenvalue weighted by Gasteiger charge is 2.35. The monoisotopic (exact) mass is 279 g/mol. The van der Waals surface area contributed by atoms with Crippen molar-refractivity contribution in [3.8, 4) is 0 Å². The minimum Gasteiger partial charge on any atom is -0.369 e. The van der Waals surface area contributed by atoms with Crippen LogP contribution in [0.3, 0.4) is 0 Å². The molecule has 1 aromatic carbocycles. The van der Waals surface area contributed by atoms with Crippen LogP contribution in [0.25, 0.3) is 0 Å². The van der Waals surface area contributed by atoms with Crippen LogP contribution in [0.15, 0.2) is 12.1 Å². The van der Waals surface area contributed by atoms with E-state index in [0.29, 0.717) is 21.2 Å². The van der Waals surface area contributed by atoms with Gasteiger partial charge < -0.3 is 10.0 Å². The molecule has 3 nitrogen and oxygen atoms in total. The predicted octanol–water partition coefficient (Wildman–Crippen LogP) is 2.68. The fourth-order valence-electron chi connectivity index (χ4n) is 1.71. The summed E-state index contributed by atoms with van der Waals surface area (Å²) in [5.74, 6) is -0.0140. The van der Waals surface area contributed by atoms with E-state index in [2.05, 4.69) is 0 Å². The zero-order chi connectivity index (χ0) is 11.9. The third kappa shape index (κ3) is 1.78. The summed E-state index contributed by atoms with van der Waals surface area (Å²) in [5, 5.41) is 10.5. The summed E-state index contributed by atoms with van der Waals surface area (Å²) in [6.45, 7) is 0.283. The summed E-state index contributed by atoms with van der Waals surface area (Å²) in [4.78, 5) is 13.1. The first kappa shape index (κ1) is 12.0. The minimum absolute atomic E-state index is 0.262. The van der Waals surface area contributed by atoms with E-state index in [-0.39, 0.29) is 18.3 Å². The lowest BCUT2D eigenvalue weighted by atomic mass is 10.1. The summed E-state index contributed by atoms with van der Waals surface area (Å²) in [7, 11) is 0. The predicted molar refractivity (Wildman–Crippen MR) is 63.2 cm³/mol. The molecule has 1 heterocycles. The van der Waals surface area contributed by atoms with Crippen LogP contribution in [-0.4, -0.2) is 28.3 Å². The normalized spacial score (nSPS) is 19.1. The van der Waals surface area contributed by atoms with Crippen LogP contribution >= 0.6 is 34.8 Å². The zero-order valence-electron chi connectivity index (χ0n) is 8.08. The molecule has 0 spiro atoms. The molecule has 0 saturated heterocycles. The summed E-state index contributed by atoms with van der Waals surface area (Å²) in [6, 6.07) is 2.98. The van der Waals surface area contributed by atoms with Gasteiger partial charge in [0, 0.05) is 23.6 Å². The topological polar surface area (TPSA) is 40.5 Å². The highest BCUT2D eigenvalue weighted by atomic mass is 35.5. The van der Waals surface area contributed by atoms with Crippen LogP contribution in [0.2, 0.25) is 10.0 Å². The first-order valence-corrected chi connectivity index (χ1v) is 5.89. The Hall–Kier alpha value is -0.480. The van der Waals surface area contributed by atoms with E-state index in [1.807, 2.05) is 0 Å². The number of rotatable bonds is 2. The molecular formula is C10H8Cl3NO2. The summed E-state index contributed by atoms with van der Waals surface area (Å²) in [6.07, 6.45) is -0.990. The molecule has 16 heavy (non-hydrogen) atoms. The summed E-state index contributed by atoms with van der Waals surface area (Å²) in [5.41, 5.74) is 0.858. The summed E-state index contributed by atoms with van der Waals surface area (Å²) < 4.78 is 0. The number of nitrogens with zero attached hydrogens (tertiary/aromatic N) is 1. The van der Waals surface area contributed by atoms with Gasteiger partial charge in [-0.1, -0.05) is 23.2 Å². The number of aliphatic hydroxyl groups is 1. The van der Waals surface area contributed by atoms with E-state index in [1.54, 1.807) is 0 Å². The molecule has 1 amide bonds. The second-order valence-corrected chi connectivity index (χ2v) is 4.61. The Morgan fingerprint density at radius 2 is 1.94 bits per heavy atom. The van der Waals surface area contributed by atoms with Gasteiger partial charge in [0.2, 0.25) is 0 Å². The average Bonchev–Trinajstić information content (AvgIpc) is 2.46. The van der Waals surface area contributed by atoms with E-state index in [0.717, 1.165) is 0 Å². The van der Waals surface area contributed by atoms with Crippen molar-refractivity contribution in [2.45, 2.75) is 6.23 Å². The number of hydrogen-bond donors (Lipinski definition) is 1. The van der Waals surface area contributed by atoms with E-state index >= 15 is 0 Å². The smallest absolute Gasteiger partial charge is 0.256 e. The Bertz CT molecular complexity index is 450. The molecule has 1 aliphatic heterocycles. The lowest BCUT2D eigenvalue weighted by Crippen LogP contribution is -2.29. The quantitative estimate of drug-likeness (QED) is 0.846. The van der Waals surface area contributed by atoms with Gasteiger partial charge in [-0.15, -0.1) is 11.6 Å². The molecule has 1 N–H and O–H groups in total. The van der Waals surface area contributed by atoms with Crippen LogP contribution < -0.4 is 0 Å². The molecule has 0 radical (unpaired) electrons. The fraction of sp³-hybridized carbons (Fsp3) is 0.300. The molecule has 0 aromatic heterocycles. The largest absolute Gasteiger partial charge is 0.369 e. The van der Waals surface area contributed by atoms with Gasteiger partial charge in [-0.2, -0.15) is 0 Å². The standard InChI is InChI=1S/C10H8Cl3NO2/c11-1-2-14-9(15)5-3-7(12)8(13)4-6(5)10(14)16/h3-4,9,15H,1-2H2. The lowest BCUT2D eigenvalue weighted by Gasteiger charge is -2.19. The van der Waals surface area contributed by atoms with Crippen molar-refractivity contribution in [1.82, 2.24) is 4.90 Å². The minimum atomic E-state index is -0.990. The molecule has 0 fully saturated rings. The lowest BCUT2D eigenvalue weighted by molar-refractivity contribution is 0.0206. The Balaban J connectivity index is 2.47. The Morgan fingerprint density at radius 1 is 1.31 bits per heavy atom. The van der Waals surface area contributed by atoms with Crippen molar-refractivity contribution >= 4 is 40.7 Å². The molecule has 1 unspecified atom stereocenters. The first-order chi connectivity index (χ1) is 7.56. The van der Waals surface area contributed by atoms with Gasteiger partial charge in [-0.3, -0.25) is 4.79 Å². The SMILES string of the molecule is O=C1c2cc(Cl)c(Cl)cc2C(O)N1CCCl. The van der Waals surface area contributed by atoms with E-state index in [9.17, 15) is 9.90 Å². The van der Waals surface area contributed by atoms with Crippen LogP contribution in [0, 0.1) is 0 Å². The van der Waals surface area contributed by atoms with Crippen molar-refractivity contribution in [2.24, 2.45) is 0 Å². The van der Waals surface area contributed by atoms with Gasteiger partial charge in [-0.25, -0.2) is 0 Å². The number of benzene rings is 1. The number of amides is 1. The van der Waals surface area contributed by atoms with Crippen LogP contribution in [-0.2, 0) is 0 Å². The molecule has 0 saturated carbocycles. The number of alkyl halides is 1. The number of fused-ring (bicyclic) bond motifs is 1. The average molecular weight is 281 g/mol.